The van der Waals surface area contributed by atoms with Crippen LogP contribution in [0.4, 0.5) is 0 Å². The lowest BCUT2D eigenvalue weighted by Crippen LogP contribution is -2.64. The summed E-state index contributed by atoms with van der Waals surface area (Å²) in [6.07, 6.45) is 23.5. The van der Waals surface area contributed by atoms with E-state index in [2.05, 4.69) is 19.1 Å². The van der Waals surface area contributed by atoms with Crippen molar-refractivity contribution < 1.29 is 68.2 Å². The van der Waals surface area contributed by atoms with Crippen LogP contribution in [0.1, 0.15) is 162 Å². The van der Waals surface area contributed by atoms with Gasteiger partial charge in [-0.3, -0.25) is 18.6 Å². The smallest absolute Gasteiger partial charge is 0.462 e. The summed E-state index contributed by atoms with van der Waals surface area (Å²) in [6.45, 7) is 3.04. The Labute approximate surface area is 359 Å². The Morgan fingerprint density at radius 1 is 0.600 bits per heavy atom. The number of unbranched alkanes of at least 4 members (excludes halogenated alkanes) is 16. The van der Waals surface area contributed by atoms with Gasteiger partial charge in [-0.25, -0.2) is 4.57 Å². The number of hydrogen-bond donors (Lipinski definition) is 7. The third kappa shape index (κ3) is 27.7. The summed E-state index contributed by atoms with van der Waals surface area (Å²) >= 11 is 0. The summed E-state index contributed by atoms with van der Waals surface area (Å²) in [6, 6.07) is 0. The molecule has 1 rings (SSSR count). The molecule has 0 spiro atoms. The molecule has 1 fully saturated rings. The largest absolute Gasteiger partial charge is 0.472 e. The van der Waals surface area contributed by atoms with Crippen molar-refractivity contribution in [1.29, 1.82) is 0 Å². The summed E-state index contributed by atoms with van der Waals surface area (Å²) in [7, 11) is -5.14. The normalized spacial score (nSPS) is 23.1. The average Bonchev–Trinajstić information content (AvgIpc) is 3.22. The van der Waals surface area contributed by atoms with Gasteiger partial charge in [-0.2, -0.15) is 0 Å². The lowest BCUT2D eigenvalue weighted by atomic mass is 9.85. The van der Waals surface area contributed by atoms with Crippen molar-refractivity contribution in [2.75, 3.05) is 13.2 Å². The van der Waals surface area contributed by atoms with Gasteiger partial charge in [0.05, 0.1) is 12.7 Å². The number of ether oxygens (including phenoxy) is 2. The van der Waals surface area contributed by atoms with Gasteiger partial charge in [0.1, 0.15) is 43.2 Å². The highest BCUT2D eigenvalue weighted by atomic mass is 31.2. The number of rotatable bonds is 36. The van der Waals surface area contributed by atoms with E-state index in [-0.39, 0.29) is 12.8 Å². The van der Waals surface area contributed by atoms with Gasteiger partial charge in [-0.15, -0.1) is 0 Å². The van der Waals surface area contributed by atoms with Crippen LogP contribution < -0.4 is 0 Å². The molecule has 0 bridgehead atoms. The Bertz CT molecular complexity index is 1260. The molecule has 0 heterocycles. The predicted molar refractivity (Wildman–Crippen MR) is 232 cm³/mol. The van der Waals surface area contributed by atoms with Gasteiger partial charge >= 0.3 is 19.8 Å². The van der Waals surface area contributed by atoms with Gasteiger partial charge in [0, 0.05) is 12.8 Å². The molecule has 0 radical (unpaired) electrons. The highest BCUT2D eigenvalue weighted by molar-refractivity contribution is 7.47. The predicted octanol–water partition coefficient (Wildman–Crippen LogP) is 7.36. The molecule has 0 saturated heterocycles. The van der Waals surface area contributed by atoms with E-state index in [1.54, 1.807) is 6.08 Å². The minimum atomic E-state index is -5.14. The first-order valence-corrected chi connectivity index (χ1v) is 24.0. The number of aliphatic hydroxyl groups excluding tert-OH is 6. The van der Waals surface area contributed by atoms with Crippen LogP contribution in [-0.4, -0.2) is 110 Å². The minimum absolute atomic E-state index is 0.0473. The molecule has 1 aliphatic carbocycles. The fraction of sp³-hybridized carbons (Fsp3) is 0.778. The van der Waals surface area contributed by atoms with Crippen LogP contribution in [0.15, 0.2) is 48.6 Å². The molecular weight excluding hydrogens is 795 g/mol. The average molecular weight is 875 g/mol. The molecule has 60 heavy (non-hydrogen) atoms. The van der Waals surface area contributed by atoms with Crippen molar-refractivity contribution in [2.45, 2.75) is 210 Å². The minimum Gasteiger partial charge on any atom is -0.462 e. The molecular formula is C45H79O14P. The van der Waals surface area contributed by atoms with Gasteiger partial charge in [-0.1, -0.05) is 133 Å². The van der Waals surface area contributed by atoms with E-state index in [9.17, 15) is 49.7 Å². The second kappa shape index (κ2) is 35.3. The van der Waals surface area contributed by atoms with Crippen molar-refractivity contribution in [3.8, 4) is 0 Å². The second-order valence-electron chi connectivity index (χ2n) is 15.7. The van der Waals surface area contributed by atoms with Crippen LogP contribution >= 0.6 is 7.82 Å². The number of allylic oxidation sites excluding steroid dienone is 6. The maximum absolute atomic E-state index is 12.8. The van der Waals surface area contributed by atoms with Gasteiger partial charge < -0.3 is 45.0 Å². The third-order valence-electron chi connectivity index (χ3n) is 10.2. The molecule has 1 aliphatic rings. The van der Waals surface area contributed by atoms with E-state index in [0.717, 1.165) is 77.0 Å². The molecule has 0 aromatic rings. The lowest BCUT2D eigenvalue weighted by molar-refractivity contribution is -0.220. The van der Waals surface area contributed by atoms with E-state index < -0.39 is 81.8 Å². The van der Waals surface area contributed by atoms with Crippen LogP contribution in [0.2, 0.25) is 0 Å². The summed E-state index contributed by atoms with van der Waals surface area (Å²) in [5, 5.41) is 60.0. The molecule has 0 aromatic heterocycles. The lowest BCUT2D eigenvalue weighted by Gasteiger charge is -2.41. The molecule has 7 N–H and O–H groups in total. The molecule has 0 aliphatic heterocycles. The Balaban J connectivity index is 2.51. The van der Waals surface area contributed by atoms with Crippen LogP contribution in [0.25, 0.3) is 0 Å². The number of phosphoric ester groups is 1. The SMILES string of the molecule is CC/C=C/CC(O)/C=C/C=C/CCCCCCCC(=O)OC(COC(=O)CCCCCCC/C=C\CCCCCCCC)COP(=O)(O)OC1C(O)C(O)C(O)C(O)C1O. The van der Waals surface area contributed by atoms with Gasteiger partial charge in [0.25, 0.3) is 0 Å². The van der Waals surface area contributed by atoms with Crippen LogP contribution in [0, 0.1) is 0 Å². The monoisotopic (exact) mass is 875 g/mol. The van der Waals surface area contributed by atoms with Crippen molar-refractivity contribution in [2.24, 2.45) is 0 Å². The Hall–Kier alpha value is -2.23. The number of carbonyl (C=O) groups is 2. The molecule has 7 unspecified atom stereocenters. The third-order valence-corrected chi connectivity index (χ3v) is 11.2. The zero-order chi connectivity index (χ0) is 44.4. The Kier molecular flexibility index (Phi) is 32.8. The Morgan fingerprint density at radius 2 is 1.10 bits per heavy atom. The molecule has 14 nitrogen and oxygen atoms in total. The molecule has 15 heteroatoms. The van der Waals surface area contributed by atoms with Crippen molar-refractivity contribution in [3.63, 3.8) is 0 Å². The first-order valence-electron chi connectivity index (χ1n) is 22.5. The van der Waals surface area contributed by atoms with Crippen molar-refractivity contribution in [3.05, 3.63) is 48.6 Å². The summed E-state index contributed by atoms with van der Waals surface area (Å²) in [5.74, 6) is -1.17. The number of aliphatic hydroxyl groups is 6. The summed E-state index contributed by atoms with van der Waals surface area (Å²) < 4.78 is 33.4. The highest BCUT2D eigenvalue weighted by Gasteiger charge is 2.51. The van der Waals surface area contributed by atoms with E-state index in [1.165, 1.54) is 38.5 Å². The first kappa shape index (κ1) is 55.8. The van der Waals surface area contributed by atoms with E-state index >= 15 is 0 Å². The Morgan fingerprint density at radius 3 is 1.67 bits per heavy atom. The van der Waals surface area contributed by atoms with E-state index in [0.29, 0.717) is 19.3 Å². The fourth-order valence-electron chi connectivity index (χ4n) is 6.55. The van der Waals surface area contributed by atoms with Gasteiger partial charge in [0.15, 0.2) is 6.10 Å². The standard InChI is InChI=1S/C45H79O14P/c1-3-5-7-8-9-10-11-12-13-14-15-18-21-24-28-32-38(47)56-34-37(35-57-60(54,55)59-45-43(52)41(50)40(49)42(51)44(45)53)58-39(48)33-29-25-22-19-16-17-20-23-27-31-36(46)30-26-6-4-2/h6,12-13,20,23,26-27,31,36-37,40-46,49-53H,3-5,7-11,14-19,21-22,24-25,28-30,32-35H2,1-2H3,(H,54,55)/b13-12-,23-20+,26-6+,31-27+. The maximum Gasteiger partial charge on any atom is 0.472 e. The van der Waals surface area contributed by atoms with Crippen molar-refractivity contribution >= 4 is 19.8 Å². The van der Waals surface area contributed by atoms with E-state index in [4.69, 9.17) is 18.5 Å². The van der Waals surface area contributed by atoms with Gasteiger partial charge in [0.2, 0.25) is 0 Å². The summed E-state index contributed by atoms with van der Waals surface area (Å²) in [5.41, 5.74) is 0. The first-order chi connectivity index (χ1) is 28.8. The number of hydrogen-bond acceptors (Lipinski definition) is 13. The molecule has 7 atom stereocenters. The molecule has 348 valence electrons. The maximum atomic E-state index is 12.8. The quantitative estimate of drug-likeness (QED) is 0.0107. The molecule has 1 saturated carbocycles. The second-order valence-corrected chi connectivity index (χ2v) is 17.1. The number of esters is 2. The zero-order valence-electron chi connectivity index (χ0n) is 36.4. The summed E-state index contributed by atoms with van der Waals surface area (Å²) in [4.78, 5) is 35.7. The molecule has 0 amide bonds. The fourth-order valence-corrected chi connectivity index (χ4v) is 7.52. The number of phosphoric acid groups is 1. The topological polar surface area (TPSA) is 230 Å². The van der Waals surface area contributed by atoms with Crippen LogP contribution in [0.3, 0.4) is 0 Å². The van der Waals surface area contributed by atoms with Crippen molar-refractivity contribution in [1.82, 2.24) is 0 Å². The molecule has 0 aromatic carbocycles. The number of carbonyl (C=O) groups excluding carboxylic acids is 2. The van der Waals surface area contributed by atoms with Gasteiger partial charge in [-0.05, 0) is 64.2 Å². The highest BCUT2D eigenvalue weighted by Crippen LogP contribution is 2.47. The van der Waals surface area contributed by atoms with Crippen LogP contribution in [-0.2, 0) is 32.7 Å². The zero-order valence-corrected chi connectivity index (χ0v) is 37.2. The van der Waals surface area contributed by atoms with Crippen LogP contribution in [0.5, 0.6) is 0 Å². The van der Waals surface area contributed by atoms with E-state index in [1.807, 2.05) is 37.3 Å².